The van der Waals surface area contributed by atoms with Gasteiger partial charge in [0.1, 0.15) is 5.75 Å². The minimum atomic E-state index is -0.619. The molecule has 1 aliphatic rings. The second-order valence-corrected chi connectivity index (χ2v) is 7.32. The fraction of sp³-hybridized carbons (Fsp3) is 0.474. The zero-order valence-electron chi connectivity index (χ0n) is 14.9. The number of benzene rings is 1. The summed E-state index contributed by atoms with van der Waals surface area (Å²) in [6.07, 6.45) is 2.55. The minimum absolute atomic E-state index is 0.0146. The molecule has 0 amide bonds. The number of cyclic esters (lactones) is 1. The standard InChI is InChI=1S/C19H24N2O3S/c1-4-6-13-11-19(3,24-17(13)22)16-12-25-18(21-16)20-14-7-9-15(10-8-14)23-5-2/h7-10,12-13H,4-6,11H2,1-3H3,(H,20,21)/t13-,19-/m1/s1. The number of thiazole rings is 1. The molecule has 1 aromatic heterocycles. The molecule has 2 atom stereocenters. The van der Waals surface area contributed by atoms with Gasteiger partial charge in [-0.05, 0) is 44.5 Å². The van der Waals surface area contributed by atoms with E-state index in [0.29, 0.717) is 13.0 Å². The van der Waals surface area contributed by atoms with Crippen LogP contribution < -0.4 is 10.1 Å². The number of nitrogens with one attached hydrogen (secondary N) is 1. The average Bonchev–Trinajstić information content (AvgIpc) is 3.16. The maximum atomic E-state index is 12.1. The van der Waals surface area contributed by atoms with Gasteiger partial charge < -0.3 is 14.8 Å². The van der Waals surface area contributed by atoms with Crippen molar-refractivity contribution >= 4 is 28.1 Å². The maximum Gasteiger partial charge on any atom is 0.310 e. The number of nitrogens with zero attached hydrogens (tertiary/aromatic N) is 1. The van der Waals surface area contributed by atoms with Gasteiger partial charge in [0.15, 0.2) is 10.7 Å². The highest BCUT2D eigenvalue weighted by atomic mass is 32.1. The highest BCUT2D eigenvalue weighted by Crippen LogP contribution is 2.42. The summed E-state index contributed by atoms with van der Waals surface area (Å²) in [6.45, 7) is 6.66. The van der Waals surface area contributed by atoms with Crippen LogP contribution in [-0.2, 0) is 15.1 Å². The van der Waals surface area contributed by atoms with Crippen LogP contribution >= 0.6 is 11.3 Å². The van der Waals surface area contributed by atoms with Gasteiger partial charge in [0.05, 0.1) is 18.2 Å². The maximum absolute atomic E-state index is 12.1. The molecule has 1 saturated heterocycles. The lowest BCUT2D eigenvalue weighted by Crippen LogP contribution is -2.21. The summed E-state index contributed by atoms with van der Waals surface area (Å²) in [5.74, 6) is 0.734. The van der Waals surface area contributed by atoms with E-state index in [4.69, 9.17) is 9.47 Å². The van der Waals surface area contributed by atoms with E-state index in [2.05, 4.69) is 17.2 Å². The number of carbonyl (C=O) groups excluding carboxylic acids is 1. The summed E-state index contributed by atoms with van der Waals surface area (Å²) in [5, 5.41) is 6.05. The molecule has 1 aromatic carbocycles. The van der Waals surface area contributed by atoms with Gasteiger partial charge in [0.25, 0.3) is 0 Å². The zero-order chi connectivity index (χ0) is 17.9. The molecule has 0 bridgehead atoms. The number of ether oxygens (including phenoxy) is 2. The first-order chi connectivity index (χ1) is 12.0. The Morgan fingerprint density at radius 1 is 1.36 bits per heavy atom. The van der Waals surface area contributed by atoms with E-state index < -0.39 is 5.60 Å². The van der Waals surface area contributed by atoms with E-state index in [9.17, 15) is 4.79 Å². The molecule has 25 heavy (non-hydrogen) atoms. The molecule has 1 fully saturated rings. The fourth-order valence-corrected chi connectivity index (χ4v) is 3.98. The molecule has 3 rings (SSSR count). The van der Waals surface area contributed by atoms with Gasteiger partial charge in [-0.3, -0.25) is 4.79 Å². The molecule has 134 valence electrons. The van der Waals surface area contributed by atoms with Crippen molar-refractivity contribution in [3.63, 3.8) is 0 Å². The quantitative estimate of drug-likeness (QED) is 0.714. The van der Waals surface area contributed by atoms with Crippen molar-refractivity contribution in [3.8, 4) is 5.75 Å². The molecule has 2 heterocycles. The number of carbonyl (C=O) groups is 1. The van der Waals surface area contributed by atoms with Crippen LogP contribution in [0.3, 0.4) is 0 Å². The Bertz CT molecular complexity index is 729. The van der Waals surface area contributed by atoms with Gasteiger partial charge in [-0.25, -0.2) is 4.98 Å². The van der Waals surface area contributed by atoms with Crippen molar-refractivity contribution in [2.24, 2.45) is 5.92 Å². The fourth-order valence-electron chi connectivity index (χ4n) is 3.12. The van der Waals surface area contributed by atoms with Gasteiger partial charge in [-0.2, -0.15) is 0 Å². The SMILES string of the molecule is CCC[C@@H]1C[C@](C)(c2csc(Nc3ccc(OCC)cc3)n2)OC1=O. The van der Waals surface area contributed by atoms with Crippen molar-refractivity contribution in [1.29, 1.82) is 0 Å². The topological polar surface area (TPSA) is 60.4 Å². The van der Waals surface area contributed by atoms with Crippen LogP contribution in [0.5, 0.6) is 5.75 Å². The molecule has 5 nitrogen and oxygen atoms in total. The molecule has 2 aromatic rings. The third-order valence-corrected chi connectivity index (χ3v) is 5.15. The molecule has 0 saturated carbocycles. The molecule has 0 aliphatic carbocycles. The molecule has 1 aliphatic heterocycles. The van der Waals surface area contributed by atoms with Crippen LogP contribution in [0.25, 0.3) is 0 Å². The Morgan fingerprint density at radius 3 is 2.80 bits per heavy atom. The summed E-state index contributed by atoms with van der Waals surface area (Å²) in [7, 11) is 0. The Hall–Kier alpha value is -2.08. The zero-order valence-corrected chi connectivity index (χ0v) is 15.7. The van der Waals surface area contributed by atoms with E-state index in [1.54, 1.807) is 0 Å². The number of anilines is 2. The molecule has 1 N–H and O–H groups in total. The van der Waals surface area contributed by atoms with Crippen LogP contribution in [0.15, 0.2) is 29.6 Å². The molecule has 0 spiro atoms. The average molecular weight is 360 g/mol. The van der Waals surface area contributed by atoms with Gasteiger partial charge in [0, 0.05) is 17.5 Å². The molecule has 6 heteroatoms. The number of hydrogen-bond donors (Lipinski definition) is 1. The Kier molecular flexibility index (Phi) is 5.27. The smallest absolute Gasteiger partial charge is 0.310 e. The Morgan fingerprint density at radius 2 is 2.12 bits per heavy atom. The van der Waals surface area contributed by atoms with Crippen LogP contribution in [0.4, 0.5) is 10.8 Å². The summed E-state index contributed by atoms with van der Waals surface area (Å²) in [5.41, 5.74) is 1.14. The normalized spacial score (nSPS) is 22.7. The van der Waals surface area contributed by atoms with Gasteiger partial charge >= 0.3 is 5.97 Å². The lowest BCUT2D eigenvalue weighted by atomic mass is 9.91. The van der Waals surface area contributed by atoms with Gasteiger partial charge in [-0.15, -0.1) is 11.3 Å². The van der Waals surface area contributed by atoms with Crippen LogP contribution in [0.2, 0.25) is 0 Å². The lowest BCUT2D eigenvalue weighted by molar-refractivity contribution is -0.150. The van der Waals surface area contributed by atoms with Crippen LogP contribution in [0, 0.1) is 5.92 Å². The number of aromatic nitrogens is 1. The minimum Gasteiger partial charge on any atom is -0.494 e. The lowest BCUT2D eigenvalue weighted by Gasteiger charge is -2.19. The molecular formula is C19H24N2O3S. The molecule has 0 radical (unpaired) electrons. The third-order valence-electron chi connectivity index (χ3n) is 4.39. The first-order valence-corrected chi connectivity index (χ1v) is 9.60. The Balaban J connectivity index is 1.69. The van der Waals surface area contributed by atoms with Crippen LogP contribution in [-0.4, -0.2) is 17.6 Å². The summed E-state index contributed by atoms with van der Waals surface area (Å²) in [4.78, 5) is 16.7. The second-order valence-electron chi connectivity index (χ2n) is 6.46. The van der Waals surface area contributed by atoms with Crippen molar-refractivity contribution in [2.75, 3.05) is 11.9 Å². The highest BCUT2D eigenvalue weighted by Gasteiger charge is 2.45. The number of esters is 1. The van der Waals surface area contributed by atoms with Gasteiger partial charge in [-0.1, -0.05) is 13.3 Å². The van der Waals surface area contributed by atoms with E-state index >= 15 is 0 Å². The molecule has 0 unspecified atom stereocenters. The predicted molar refractivity (Wildman–Crippen MR) is 99.5 cm³/mol. The number of hydrogen-bond acceptors (Lipinski definition) is 6. The third kappa shape index (κ3) is 3.95. The highest BCUT2D eigenvalue weighted by molar-refractivity contribution is 7.13. The summed E-state index contributed by atoms with van der Waals surface area (Å²) < 4.78 is 11.1. The Labute approximate surface area is 152 Å². The summed E-state index contributed by atoms with van der Waals surface area (Å²) >= 11 is 1.52. The first kappa shape index (κ1) is 17.7. The summed E-state index contributed by atoms with van der Waals surface area (Å²) in [6, 6.07) is 7.77. The van der Waals surface area contributed by atoms with Crippen molar-refractivity contribution in [1.82, 2.24) is 4.98 Å². The van der Waals surface area contributed by atoms with E-state index in [0.717, 1.165) is 35.1 Å². The molecular weight excluding hydrogens is 336 g/mol. The largest absolute Gasteiger partial charge is 0.494 e. The number of rotatable bonds is 7. The van der Waals surface area contributed by atoms with Gasteiger partial charge in [0.2, 0.25) is 0 Å². The predicted octanol–water partition coefficient (Wildman–Crippen LogP) is 4.86. The first-order valence-electron chi connectivity index (χ1n) is 8.73. The van der Waals surface area contributed by atoms with E-state index in [1.807, 2.05) is 43.5 Å². The van der Waals surface area contributed by atoms with Crippen molar-refractivity contribution < 1.29 is 14.3 Å². The van der Waals surface area contributed by atoms with E-state index in [1.165, 1.54) is 11.3 Å². The monoisotopic (exact) mass is 360 g/mol. The van der Waals surface area contributed by atoms with Crippen LogP contribution in [0.1, 0.15) is 45.7 Å². The van der Waals surface area contributed by atoms with Crippen molar-refractivity contribution in [2.45, 2.75) is 45.6 Å². The second kappa shape index (κ2) is 7.44. The van der Waals surface area contributed by atoms with E-state index in [-0.39, 0.29) is 11.9 Å². The van der Waals surface area contributed by atoms with Crippen molar-refractivity contribution in [3.05, 3.63) is 35.3 Å².